The van der Waals surface area contributed by atoms with E-state index in [1.807, 2.05) is 6.92 Å². The van der Waals surface area contributed by atoms with Crippen molar-refractivity contribution in [1.82, 2.24) is 0 Å². The van der Waals surface area contributed by atoms with Crippen LogP contribution >= 0.6 is 0 Å². The number of ether oxygens (including phenoxy) is 10. The predicted octanol–water partition coefficient (Wildman–Crippen LogP) is -2.35. The van der Waals surface area contributed by atoms with Crippen LogP contribution in [0.3, 0.4) is 0 Å². The van der Waals surface area contributed by atoms with Crippen molar-refractivity contribution >= 4 is 0 Å². The maximum Gasteiger partial charge on any atom is 0.187 e. The molecule has 0 aromatic carbocycles. The van der Waals surface area contributed by atoms with Gasteiger partial charge in [-0.25, -0.2) is 0 Å². The van der Waals surface area contributed by atoms with Crippen LogP contribution in [-0.4, -0.2) is 241 Å². The quantitative estimate of drug-likeness (QED) is 0.0720. The normalized spacial score (nSPS) is 54.3. The minimum Gasteiger partial charge on any atom is -0.394 e. The molecule has 432 valence electrons. The third kappa shape index (κ3) is 10.5. The summed E-state index contributed by atoms with van der Waals surface area (Å²) in [6.45, 7) is 8.74. The van der Waals surface area contributed by atoms with E-state index in [1.54, 1.807) is 7.11 Å². The van der Waals surface area contributed by atoms with Crippen LogP contribution in [0.1, 0.15) is 92.4 Å². The van der Waals surface area contributed by atoms with Gasteiger partial charge >= 0.3 is 0 Å². The number of aliphatic hydroxyl groups excluding tert-OH is 13. The largest absolute Gasteiger partial charge is 0.394 e. The van der Waals surface area contributed by atoms with E-state index in [1.165, 1.54) is 12.5 Å². The molecule has 5 saturated heterocycles. The highest BCUT2D eigenvalue weighted by molar-refractivity contribution is 5.26. The molecule has 13 N–H and O–H groups in total. The van der Waals surface area contributed by atoms with E-state index in [2.05, 4.69) is 26.8 Å². The SMILES string of the molecule is CO[C@]1(CC[C@@H](C)CO[C@@H]2O[C@H](CO)[C@@H](O)[C@H](O)[C@H]2O)O[C@H]2C[C@H]3[C@@H]4CC=C5C[C@@H](O[C@@H]6O[C@H](CO)[C@@H](O)[C@H](O[C@@H]7O[C@H](CO)[C@@H](O)[C@H](O)[C@H]7O)C6O[C@@H]6O[C@@H](C)[C@H](O)[C@@H](O)[C@H]6O)CC[C@]5(C)[C@H]4CC[C@]3(C)C2[C@@H]1C. The monoisotopic (exact) mass is 1080 g/mol. The number of rotatable bonds is 16. The summed E-state index contributed by atoms with van der Waals surface area (Å²) in [7, 11) is 1.71. The van der Waals surface area contributed by atoms with Gasteiger partial charge < -0.3 is 114 Å². The molecule has 0 radical (unpaired) electrons. The van der Waals surface area contributed by atoms with E-state index in [0.29, 0.717) is 43.4 Å². The molecule has 2 unspecified atom stereocenters. The second kappa shape index (κ2) is 23.0. The van der Waals surface area contributed by atoms with Gasteiger partial charge in [-0.15, -0.1) is 0 Å². The Morgan fingerprint density at radius 2 is 1.21 bits per heavy atom. The second-order valence-electron chi connectivity index (χ2n) is 24.0. The fourth-order valence-corrected chi connectivity index (χ4v) is 15.3. The lowest BCUT2D eigenvalue weighted by Crippen LogP contribution is -2.67. The molecule has 9 aliphatic rings. The zero-order valence-corrected chi connectivity index (χ0v) is 43.8. The number of aliphatic hydroxyl groups is 13. The lowest BCUT2D eigenvalue weighted by atomic mass is 9.47. The van der Waals surface area contributed by atoms with Gasteiger partial charge in [-0.05, 0) is 98.7 Å². The molecule has 75 heavy (non-hydrogen) atoms. The molecule has 8 fully saturated rings. The smallest absolute Gasteiger partial charge is 0.187 e. The molecule has 5 aliphatic heterocycles. The minimum absolute atomic E-state index is 0.00228. The Balaban J connectivity index is 0.871. The zero-order valence-electron chi connectivity index (χ0n) is 43.8. The maximum absolute atomic E-state index is 11.6. The van der Waals surface area contributed by atoms with Crippen molar-refractivity contribution in [2.45, 2.75) is 233 Å². The van der Waals surface area contributed by atoms with Gasteiger partial charge in [0, 0.05) is 19.4 Å². The minimum atomic E-state index is -1.88. The summed E-state index contributed by atoms with van der Waals surface area (Å²) in [6.07, 6.45) is -21.5. The van der Waals surface area contributed by atoms with E-state index in [9.17, 15) is 66.4 Å². The van der Waals surface area contributed by atoms with Gasteiger partial charge in [0.2, 0.25) is 0 Å². The van der Waals surface area contributed by atoms with Gasteiger partial charge in [-0.2, -0.15) is 0 Å². The number of methoxy groups -OCH3 is 1. The lowest BCUT2D eigenvalue weighted by Gasteiger charge is -2.58. The van der Waals surface area contributed by atoms with Gasteiger partial charge in [0.05, 0.1) is 44.7 Å². The maximum atomic E-state index is 11.6. The lowest BCUT2D eigenvalue weighted by molar-refractivity contribution is -0.394. The average molecular weight is 1080 g/mol. The van der Waals surface area contributed by atoms with Crippen LogP contribution in [0.25, 0.3) is 0 Å². The number of fused-ring (bicyclic) bond motifs is 7. The van der Waals surface area contributed by atoms with Crippen LogP contribution in [0.15, 0.2) is 11.6 Å². The van der Waals surface area contributed by atoms with E-state index in [0.717, 1.165) is 32.1 Å². The number of hydrogen-bond donors (Lipinski definition) is 13. The standard InChI is InChI=1S/C52H86O23/c1-21(20-67-46-41(63)39(61)35(57)30(17-53)70-46)9-14-52(66-6)22(2)33-29(75-52)16-28-26-8-7-24-15-25(10-12-50(24,4)27(26)11-13-51(28,33)5)69-49-45(74-47-42(64)38(60)34(56)23(3)68-47)44(37(59)32(19-55)72-49)73-48-43(65)40(62)36(58)31(18-54)71-48/h7,21-23,25-49,53-65H,8-20H2,1-6H3/t21-,22+,23+,25+,26-,27+,28+,29+,30-,31-,32-,33?,34+,35-,36-,37-,38-,39+,40+,41-,42-,43-,44+,45?,46-,47+,48+,49-,50+,51+,52-/m1/s1. The van der Waals surface area contributed by atoms with Crippen LogP contribution in [0, 0.1) is 46.3 Å². The van der Waals surface area contributed by atoms with Crippen molar-refractivity contribution in [2.75, 3.05) is 33.5 Å². The molecular formula is C52H86O23. The first-order valence-electron chi connectivity index (χ1n) is 27.3. The summed E-state index contributed by atoms with van der Waals surface area (Å²) in [5.74, 6) is 0.765. The van der Waals surface area contributed by atoms with Crippen LogP contribution in [0.4, 0.5) is 0 Å². The van der Waals surface area contributed by atoms with E-state index >= 15 is 0 Å². The fraction of sp³-hybridized carbons (Fsp3) is 0.962. The van der Waals surface area contributed by atoms with Crippen molar-refractivity contribution in [3.63, 3.8) is 0 Å². The third-order valence-corrected chi connectivity index (χ3v) is 19.8. The van der Waals surface area contributed by atoms with Crippen molar-refractivity contribution in [3.05, 3.63) is 11.6 Å². The molecule has 0 aromatic rings. The topological polar surface area (TPSA) is 355 Å². The second-order valence-corrected chi connectivity index (χ2v) is 24.0. The Labute approximate surface area is 437 Å². The Kier molecular flexibility index (Phi) is 17.9. The summed E-state index contributed by atoms with van der Waals surface area (Å²) < 4.78 is 61.6. The van der Waals surface area contributed by atoms with E-state index in [4.69, 9.17) is 47.4 Å². The van der Waals surface area contributed by atoms with Gasteiger partial charge in [-0.1, -0.05) is 39.3 Å². The average Bonchev–Trinajstić information content (AvgIpc) is 3.92. The Morgan fingerprint density at radius 3 is 1.85 bits per heavy atom. The van der Waals surface area contributed by atoms with Crippen molar-refractivity contribution in [2.24, 2.45) is 46.3 Å². The van der Waals surface area contributed by atoms with Gasteiger partial charge in [0.15, 0.2) is 30.9 Å². The van der Waals surface area contributed by atoms with Gasteiger partial charge in [-0.3, -0.25) is 0 Å². The summed E-state index contributed by atoms with van der Waals surface area (Å²) in [5, 5.41) is 137. The first-order valence-corrected chi connectivity index (χ1v) is 27.3. The molecule has 23 heteroatoms. The van der Waals surface area contributed by atoms with Crippen molar-refractivity contribution in [3.8, 4) is 0 Å². The molecule has 5 heterocycles. The summed E-state index contributed by atoms with van der Waals surface area (Å²) in [4.78, 5) is 0. The summed E-state index contributed by atoms with van der Waals surface area (Å²) in [6, 6.07) is 0. The highest BCUT2D eigenvalue weighted by atomic mass is 16.8. The van der Waals surface area contributed by atoms with E-state index < -0.39 is 155 Å². The number of hydrogen-bond acceptors (Lipinski definition) is 23. The van der Waals surface area contributed by atoms with Crippen LogP contribution in [0.2, 0.25) is 0 Å². The molecule has 3 saturated carbocycles. The van der Waals surface area contributed by atoms with E-state index in [-0.39, 0.29) is 41.3 Å². The highest BCUT2D eigenvalue weighted by Crippen LogP contribution is 2.70. The summed E-state index contributed by atoms with van der Waals surface area (Å²) in [5.41, 5.74) is 1.11. The third-order valence-electron chi connectivity index (χ3n) is 19.8. The molecule has 0 spiro atoms. The Bertz CT molecular complexity index is 1930. The molecular weight excluding hydrogens is 993 g/mol. The summed E-state index contributed by atoms with van der Waals surface area (Å²) >= 11 is 0. The van der Waals surface area contributed by atoms with Crippen LogP contribution < -0.4 is 0 Å². The first-order chi connectivity index (χ1) is 35.6. The van der Waals surface area contributed by atoms with Crippen LogP contribution in [-0.2, 0) is 47.4 Å². The number of allylic oxidation sites excluding steroid dienone is 1. The van der Waals surface area contributed by atoms with Crippen LogP contribution in [0.5, 0.6) is 0 Å². The van der Waals surface area contributed by atoms with Gasteiger partial charge in [0.25, 0.3) is 0 Å². The highest BCUT2D eigenvalue weighted by Gasteiger charge is 2.68. The molecule has 0 amide bonds. The fourth-order valence-electron chi connectivity index (χ4n) is 15.3. The van der Waals surface area contributed by atoms with Gasteiger partial charge in [0.1, 0.15) is 91.6 Å². The first kappa shape index (κ1) is 58.5. The molecule has 23 nitrogen and oxygen atoms in total. The molecule has 9 rings (SSSR count). The molecule has 31 atom stereocenters. The Morgan fingerprint density at radius 1 is 0.640 bits per heavy atom. The molecule has 0 aromatic heterocycles. The molecule has 0 bridgehead atoms. The predicted molar refractivity (Wildman–Crippen MR) is 255 cm³/mol. The zero-order chi connectivity index (χ0) is 54.2. The van der Waals surface area contributed by atoms with Crippen molar-refractivity contribution in [1.29, 1.82) is 0 Å². The molecule has 4 aliphatic carbocycles. The van der Waals surface area contributed by atoms with Crippen molar-refractivity contribution < 1.29 is 114 Å². The Hall–Kier alpha value is -1.18.